The number of amides is 1. The molecule has 1 amide bonds. The molecule has 0 saturated heterocycles. The van der Waals surface area contributed by atoms with E-state index in [4.69, 9.17) is 11.6 Å². The summed E-state index contributed by atoms with van der Waals surface area (Å²) in [5, 5.41) is 13.3. The van der Waals surface area contributed by atoms with Crippen molar-refractivity contribution in [1.82, 2.24) is 4.98 Å². The molecule has 2 atom stereocenters. The maximum atomic E-state index is 13.4. The van der Waals surface area contributed by atoms with E-state index in [-0.39, 0.29) is 17.1 Å². The number of nitrogens with zero attached hydrogens (tertiary/aromatic N) is 3. The number of nitrogens with one attached hydrogen (secondary N) is 1. The lowest BCUT2D eigenvalue weighted by molar-refractivity contribution is 0.102. The van der Waals surface area contributed by atoms with Crippen LogP contribution in [0.4, 0.5) is 5.69 Å². The summed E-state index contributed by atoms with van der Waals surface area (Å²) >= 11 is 8.33. The zero-order valence-corrected chi connectivity index (χ0v) is 22.0. The average Bonchev–Trinajstić information content (AvgIpc) is 3.32. The van der Waals surface area contributed by atoms with Gasteiger partial charge in [-0.25, -0.2) is 0 Å². The van der Waals surface area contributed by atoms with Crippen LogP contribution in [0.5, 0.6) is 0 Å². The normalized spacial score (nSPS) is 15.8. The number of rotatable bonds is 9. The molecule has 0 aliphatic carbocycles. The monoisotopic (exact) mass is 526 g/mol. The van der Waals surface area contributed by atoms with E-state index >= 15 is 0 Å². The first-order chi connectivity index (χ1) is 18.1. The van der Waals surface area contributed by atoms with Crippen LogP contribution in [-0.2, 0) is 0 Å². The van der Waals surface area contributed by atoms with Gasteiger partial charge in [-0.2, -0.15) is 5.10 Å². The maximum absolute atomic E-state index is 13.4. The van der Waals surface area contributed by atoms with Gasteiger partial charge in [-0.3, -0.25) is 9.78 Å². The van der Waals surface area contributed by atoms with Crippen molar-refractivity contribution in [3.8, 4) is 0 Å². The Hall–Kier alpha value is -3.48. The van der Waals surface area contributed by atoms with Crippen molar-refractivity contribution in [2.45, 2.75) is 36.3 Å². The third-order valence-electron chi connectivity index (χ3n) is 6.35. The third kappa shape index (κ3) is 5.76. The number of carbonyl (C=O) groups excluding carboxylic acids is 1. The van der Waals surface area contributed by atoms with Crippen molar-refractivity contribution in [2.75, 3.05) is 5.32 Å². The fourth-order valence-electron chi connectivity index (χ4n) is 4.47. The van der Waals surface area contributed by atoms with Gasteiger partial charge in [-0.15, -0.1) is 16.9 Å². The molecule has 1 N–H and O–H groups in total. The van der Waals surface area contributed by atoms with E-state index < -0.39 is 0 Å². The maximum Gasteiger partial charge on any atom is 0.256 e. The molecule has 1 aliphatic rings. The van der Waals surface area contributed by atoms with E-state index in [9.17, 15) is 4.79 Å². The summed E-state index contributed by atoms with van der Waals surface area (Å²) in [5.74, 6) is -0.306. The van der Waals surface area contributed by atoms with Crippen molar-refractivity contribution in [3.63, 3.8) is 0 Å². The number of pyridine rings is 1. The molecule has 2 unspecified atom stereocenters. The molecule has 0 bridgehead atoms. The number of anilines is 1. The van der Waals surface area contributed by atoms with Gasteiger partial charge in [0.05, 0.1) is 34.6 Å². The minimum absolute atomic E-state index is 0.0777. The lowest BCUT2D eigenvalue weighted by Crippen LogP contribution is -2.29. The number of unbranched alkanes of at least 4 members (excludes halogenated alkanes) is 1. The van der Waals surface area contributed by atoms with E-state index in [2.05, 4.69) is 27.4 Å². The Morgan fingerprint density at radius 1 is 1.00 bits per heavy atom. The Morgan fingerprint density at radius 2 is 1.76 bits per heavy atom. The van der Waals surface area contributed by atoms with Gasteiger partial charge in [-0.05, 0) is 36.2 Å². The molecule has 7 heteroatoms. The van der Waals surface area contributed by atoms with Crippen LogP contribution in [0.2, 0.25) is 0 Å². The van der Waals surface area contributed by atoms with Crippen LogP contribution in [0, 0.1) is 5.92 Å². The highest BCUT2D eigenvalue weighted by atomic mass is 35.5. The quantitative estimate of drug-likeness (QED) is 0.226. The van der Waals surface area contributed by atoms with Crippen LogP contribution in [0.15, 0.2) is 106 Å². The Morgan fingerprint density at radius 3 is 2.59 bits per heavy atom. The van der Waals surface area contributed by atoms with Crippen LogP contribution in [0.1, 0.15) is 42.1 Å². The number of carbonyl (C=O) groups is 1. The number of thioether (sulfide) groups is 1. The van der Waals surface area contributed by atoms with Crippen molar-refractivity contribution >= 4 is 56.7 Å². The summed E-state index contributed by atoms with van der Waals surface area (Å²) in [7, 11) is 0. The Balaban J connectivity index is 1.41. The molecule has 3 aromatic carbocycles. The summed E-state index contributed by atoms with van der Waals surface area (Å²) in [5.41, 5.74) is 4.07. The fraction of sp³-hybridized carbons (Fsp3) is 0.200. The second-order valence-corrected chi connectivity index (χ2v) is 10.6. The number of benzene rings is 3. The van der Waals surface area contributed by atoms with Gasteiger partial charge in [0.25, 0.3) is 5.91 Å². The zero-order valence-electron chi connectivity index (χ0n) is 20.5. The van der Waals surface area contributed by atoms with Gasteiger partial charge in [-0.1, -0.05) is 92.0 Å². The van der Waals surface area contributed by atoms with Crippen molar-refractivity contribution < 1.29 is 4.79 Å². The van der Waals surface area contributed by atoms with Gasteiger partial charge >= 0.3 is 0 Å². The summed E-state index contributed by atoms with van der Waals surface area (Å²) in [4.78, 5) is 18.8. The summed E-state index contributed by atoms with van der Waals surface area (Å²) in [6, 6.07) is 27.6. The number of aromatic nitrogens is 1. The fourth-order valence-corrected chi connectivity index (χ4v) is 6.29. The summed E-state index contributed by atoms with van der Waals surface area (Å²) in [6.07, 6.45) is 4.72. The molecule has 0 radical (unpaired) electrons. The lowest BCUT2D eigenvalue weighted by atomic mass is 9.92. The van der Waals surface area contributed by atoms with Crippen molar-refractivity contribution in [3.05, 3.63) is 102 Å². The van der Waals surface area contributed by atoms with Crippen LogP contribution >= 0.6 is 23.4 Å². The van der Waals surface area contributed by atoms with Crippen LogP contribution < -0.4 is 5.32 Å². The first kappa shape index (κ1) is 25.2. The Bertz CT molecular complexity index is 1470. The first-order valence-electron chi connectivity index (χ1n) is 12.4. The molecule has 1 aromatic heterocycles. The number of halogens is 1. The van der Waals surface area contributed by atoms with Gasteiger partial charge in [0.15, 0.2) is 0 Å². The molecule has 0 fully saturated rings. The van der Waals surface area contributed by atoms with E-state index in [0.717, 1.165) is 46.3 Å². The third-order valence-corrected chi connectivity index (χ3v) is 8.08. The number of para-hydroxylation sites is 1. The van der Waals surface area contributed by atoms with Gasteiger partial charge in [0.1, 0.15) is 5.17 Å². The first-order valence-corrected chi connectivity index (χ1v) is 13.7. The molecule has 5 nitrogen and oxygen atoms in total. The lowest BCUT2D eigenvalue weighted by Gasteiger charge is -2.25. The van der Waals surface area contributed by atoms with Crippen LogP contribution in [-0.4, -0.2) is 27.0 Å². The molecular formula is C30H27ClN4OS. The second-order valence-electron chi connectivity index (χ2n) is 8.92. The molecule has 0 saturated carbocycles. The number of hydrogen-bond acceptors (Lipinski definition) is 5. The Labute approximate surface area is 226 Å². The predicted octanol–water partition coefficient (Wildman–Crippen LogP) is 7.81. The molecule has 0 spiro atoms. The molecular weight excluding hydrogens is 500 g/mol. The topological polar surface area (TPSA) is 66.7 Å². The molecule has 186 valence electrons. The van der Waals surface area contributed by atoms with Crippen molar-refractivity contribution in [2.24, 2.45) is 16.1 Å². The minimum Gasteiger partial charge on any atom is -0.321 e. The highest BCUT2D eigenvalue weighted by molar-refractivity contribution is 8.00. The predicted molar refractivity (Wildman–Crippen MR) is 155 cm³/mol. The summed E-state index contributed by atoms with van der Waals surface area (Å²) in [6.45, 7) is 2.18. The second kappa shape index (κ2) is 11.7. The minimum atomic E-state index is -0.169. The Kier molecular flexibility index (Phi) is 7.97. The number of hydrogen-bond donors (Lipinski definition) is 1. The van der Waals surface area contributed by atoms with Crippen LogP contribution in [0.3, 0.4) is 0 Å². The van der Waals surface area contributed by atoms with Gasteiger partial charge in [0.2, 0.25) is 0 Å². The average molecular weight is 527 g/mol. The smallest absolute Gasteiger partial charge is 0.256 e. The molecule has 37 heavy (non-hydrogen) atoms. The zero-order chi connectivity index (χ0) is 25.6. The van der Waals surface area contributed by atoms with E-state index in [1.54, 1.807) is 18.0 Å². The molecule has 5 rings (SSSR count). The van der Waals surface area contributed by atoms with Crippen molar-refractivity contribution in [1.29, 1.82) is 0 Å². The largest absolute Gasteiger partial charge is 0.321 e. The van der Waals surface area contributed by atoms with Gasteiger partial charge < -0.3 is 5.32 Å². The number of fused-ring (bicyclic) bond motifs is 1. The van der Waals surface area contributed by atoms with E-state index in [1.165, 1.54) is 0 Å². The molecule has 2 heterocycles. The molecule has 4 aromatic rings. The standard InChI is InChI=1S/C30H27ClN4OS/c1-2-3-16-26(27-28(34-35-29(27)31)20-11-5-4-6-12-20)37-25-17-10-8-14-23(25)30(36)33-22-18-21-13-7-9-15-24(21)32-19-22/h4-15,17-19,26-27H,2-3,16H2,1H3,(H,33,36). The molecule has 1 aliphatic heterocycles. The van der Waals surface area contributed by atoms with E-state index in [1.807, 2.05) is 84.9 Å². The van der Waals surface area contributed by atoms with Crippen LogP contribution in [0.25, 0.3) is 10.9 Å². The van der Waals surface area contributed by atoms with Gasteiger partial charge in [0, 0.05) is 15.5 Å². The van der Waals surface area contributed by atoms with E-state index in [0.29, 0.717) is 16.4 Å². The SMILES string of the molecule is CCCCC(Sc1ccccc1C(=O)Nc1cnc2ccccc2c1)C1C(Cl)=NN=C1c1ccccc1. The summed E-state index contributed by atoms with van der Waals surface area (Å²) < 4.78 is 0. The highest BCUT2D eigenvalue weighted by Gasteiger charge is 2.35. The highest BCUT2D eigenvalue weighted by Crippen LogP contribution is 2.38.